The Morgan fingerprint density at radius 2 is 1.96 bits per heavy atom. The normalized spacial score (nSPS) is 14.3. The van der Waals surface area contributed by atoms with Crippen LogP contribution in [0, 0.1) is 0 Å². The van der Waals surface area contributed by atoms with E-state index in [1.54, 1.807) is 6.33 Å². The summed E-state index contributed by atoms with van der Waals surface area (Å²) in [7, 11) is 1.90. The van der Waals surface area contributed by atoms with E-state index in [2.05, 4.69) is 22.2 Å². The maximum absolute atomic E-state index is 12.5. The van der Waals surface area contributed by atoms with Gasteiger partial charge in [-0.05, 0) is 18.6 Å². The average molecular weight is 325 g/mol. The second-order valence-corrected chi connectivity index (χ2v) is 6.04. The minimum atomic E-state index is 0.134. The number of nitrogens with one attached hydrogen (secondary N) is 1. The van der Waals surface area contributed by atoms with E-state index < -0.39 is 0 Å². The maximum Gasteiger partial charge on any atom is 0.242 e. The zero-order chi connectivity index (χ0) is 16.9. The zero-order valence-corrected chi connectivity index (χ0v) is 14.2. The van der Waals surface area contributed by atoms with Crippen LogP contribution in [0.4, 0.5) is 17.3 Å². The van der Waals surface area contributed by atoms with E-state index in [1.165, 1.54) is 0 Å². The van der Waals surface area contributed by atoms with Gasteiger partial charge in [0, 0.05) is 19.3 Å². The molecule has 1 aromatic heterocycles. The topological polar surface area (TPSA) is 61.4 Å². The largest absolute Gasteiger partial charge is 0.350 e. The first-order valence-corrected chi connectivity index (χ1v) is 8.34. The van der Waals surface area contributed by atoms with Gasteiger partial charge in [-0.1, -0.05) is 31.5 Å². The number of para-hydroxylation sites is 1. The SMILES string of the molecule is CCCCN1Cc2c(Nc3ccccc3)ncnc2N(C)CC1=O. The molecule has 0 aliphatic carbocycles. The number of carbonyl (C=O) groups is 1. The van der Waals surface area contributed by atoms with Gasteiger partial charge in [-0.2, -0.15) is 0 Å². The molecule has 0 saturated carbocycles. The quantitative estimate of drug-likeness (QED) is 0.916. The molecule has 1 amide bonds. The fraction of sp³-hybridized carbons (Fsp3) is 0.389. The molecule has 0 atom stereocenters. The second kappa shape index (κ2) is 7.29. The van der Waals surface area contributed by atoms with Crippen molar-refractivity contribution in [2.24, 2.45) is 0 Å². The highest BCUT2D eigenvalue weighted by Gasteiger charge is 2.26. The van der Waals surface area contributed by atoms with Crippen LogP contribution in [0.25, 0.3) is 0 Å². The molecule has 2 heterocycles. The van der Waals surface area contributed by atoms with Gasteiger partial charge in [-0.3, -0.25) is 4.79 Å². The van der Waals surface area contributed by atoms with Crippen molar-refractivity contribution in [2.75, 3.05) is 30.4 Å². The number of anilines is 3. The molecule has 1 aromatic carbocycles. The summed E-state index contributed by atoms with van der Waals surface area (Å²) in [6.07, 6.45) is 3.61. The molecule has 2 aromatic rings. The van der Waals surface area contributed by atoms with E-state index in [0.29, 0.717) is 13.1 Å². The second-order valence-electron chi connectivity index (χ2n) is 6.04. The molecule has 126 valence electrons. The molecule has 6 nitrogen and oxygen atoms in total. The van der Waals surface area contributed by atoms with Gasteiger partial charge in [0.25, 0.3) is 0 Å². The number of carbonyl (C=O) groups excluding carboxylic acids is 1. The third kappa shape index (κ3) is 3.48. The van der Waals surface area contributed by atoms with Gasteiger partial charge in [-0.25, -0.2) is 9.97 Å². The molecule has 6 heteroatoms. The van der Waals surface area contributed by atoms with Crippen LogP contribution in [0.2, 0.25) is 0 Å². The number of aromatic nitrogens is 2. The lowest BCUT2D eigenvalue weighted by molar-refractivity contribution is -0.130. The molecule has 0 radical (unpaired) electrons. The summed E-state index contributed by atoms with van der Waals surface area (Å²) in [6, 6.07) is 9.92. The van der Waals surface area contributed by atoms with Crippen LogP contribution in [0.3, 0.4) is 0 Å². The fourth-order valence-corrected chi connectivity index (χ4v) is 2.85. The fourth-order valence-electron chi connectivity index (χ4n) is 2.85. The van der Waals surface area contributed by atoms with Crippen LogP contribution in [-0.4, -0.2) is 40.9 Å². The molecule has 0 spiro atoms. The number of hydrogen-bond donors (Lipinski definition) is 1. The third-order valence-electron chi connectivity index (χ3n) is 4.18. The molecule has 0 bridgehead atoms. The Morgan fingerprint density at radius 3 is 2.71 bits per heavy atom. The highest BCUT2D eigenvalue weighted by Crippen LogP contribution is 2.29. The van der Waals surface area contributed by atoms with E-state index in [0.717, 1.165) is 42.3 Å². The summed E-state index contributed by atoms with van der Waals surface area (Å²) in [5, 5.41) is 3.36. The Kier molecular flexibility index (Phi) is 4.93. The first-order valence-electron chi connectivity index (χ1n) is 8.34. The number of benzene rings is 1. The lowest BCUT2D eigenvalue weighted by atomic mass is 10.2. The molecule has 0 fully saturated rings. The summed E-state index contributed by atoms with van der Waals surface area (Å²) >= 11 is 0. The molecular weight excluding hydrogens is 302 g/mol. The van der Waals surface area contributed by atoms with Crippen LogP contribution in [0.5, 0.6) is 0 Å². The van der Waals surface area contributed by atoms with Gasteiger partial charge in [0.15, 0.2) is 0 Å². The highest BCUT2D eigenvalue weighted by atomic mass is 16.2. The monoisotopic (exact) mass is 325 g/mol. The maximum atomic E-state index is 12.5. The van der Waals surface area contributed by atoms with Crippen LogP contribution in [0.15, 0.2) is 36.7 Å². The molecule has 0 unspecified atom stereocenters. The van der Waals surface area contributed by atoms with Crippen molar-refractivity contribution in [1.82, 2.24) is 14.9 Å². The Morgan fingerprint density at radius 1 is 1.17 bits per heavy atom. The smallest absolute Gasteiger partial charge is 0.242 e. The van der Waals surface area contributed by atoms with E-state index >= 15 is 0 Å². The van der Waals surface area contributed by atoms with Gasteiger partial charge in [0.05, 0.1) is 18.7 Å². The summed E-state index contributed by atoms with van der Waals surface area (Å²) in [5.74, 6) is 1.71. The average Bonchev–Trinajstić information content (AvgIpc) is 2.71. The standard InChI is InChI=1S/C18H23N5O/c1-3-4-10-23-11-15-17(21-14-8-6-5-7-9-14)19-13-20-18(15)22(2)12-16(23)24/h5-9,13H,3-4,10-12H2,1-2H3,(H,19,20,21). The number of rotatable bonds is 5. The van der Waals surface area contributed by atoms with E-state index in [4.69, 9.17) is 0 Å². The van der Waals surface area contributed by atoms with E-state index in [9.17, 15) is 4.79 Å². The minimum Gasteiger partial charge on any atom is -0.350 e. The zero-order valence-electron chi connectivity index (χ0n) is 14.2. The number of amides is 1. The lowest BCUT2D eigenvalue weighted by Gasteiger charge is -2.21. The van der Waals surface area contributed by atoms with E-state index in [-0.39, 0.29) is 5.91 Å². The van der Waals surface area contributed by atoms with Gasteiger partial charge in [-0.15, -0.1) is 0 Å². The van der Waals surface area contributed by atoms with Crippen molar-refractivity contribution in [2.45, 2.75) is 26.3 Å². The number of nitrogens with zero attached hydrogens (tertiary/aromatic N) is 4. The number of likely N-dealkylation sites (N-methyl/N-ethyl adjacent to an activating group) is 1. The number of unbranched alkanes of at least 4 members (excludes halogenated alkanes) is 1. The molecule has 1 N–H and O–H groups in total. The van der Waals surface area contributed by atoms with Crippen molar-refractivity contribution in [3.8, 4) is 0 Å². The summed E-state index contributed by atoms with van der Waals surface area (Å²) in [6.45, 7) is 3.78. The summed E-state index contributed by atoms with van der Waals surface area (Å²) in [5.41, 5.74) is 1.93. The predicted molar refractivity (Wildman–Crippen MR) is 95.4 cm³/mol. The molecule has 3 rings (SSSR count). The van der Waals surface area contributed by atoms with Crippen LogP contribution in [0.1, 0.15) is 25.3 Å². The Labute approximate surface area is 142 Å². The van der Waals surface area contributed by atoms with E-state index in [1.807, 2.05) is 47.2 Å². The summed E-state index contributed by atoms with van der Waals surface area (Å²) < 4.78 is 0. The Balaban J connectivity index is 1.94. The molecule has 1 aliphatic heterocycles. The van der Waals surface area contributed by atoms with Crippen molar-refractivity contribution in [1.29, 1.82) is 0 Å². The minimum absolute atomic E-state index is 0.134. The summed E-state index contributed by atoms with van der Waals surface area (Å²) in [4.78, 5) is 25.1. The molecular formula is C18H23N5O. The van der Waals surface area contributed by atoms with Crippen LogP contribution < -0.4 is 10.2 Å². The predicted octanol–water partition coefficient (Wildman–Crippen LogP) is 2.80. The third-order valence-corrected chi connectivity index (χ3v) is 4.18. The highest BCUT2D eigenvalue weighted by molar-refractivity contribution is 5.83. The molecule has 0 saturated heterocycles. The van der Waals surface area contributed by atoms with Gasteiger partial charge < -0.3 is 15.1 Å². The van der Waals surface area contributed by atoms with Gasteiger partial charge in [0.1, 0.15) is 18.0 Å². The van der Waals surface area contributed by atoms with Gasteiger partial charge in [0.2, 0.25) is 5.91 Å². The Hall–Kier alpha value is -2.63. The number of hydrogen-bond acceptors (Lipinski definition) is 5. The van der Waals surface area contributed by atoms with Gasteiger partial charge >= 0.3 is 0 Å². The first-order chi connectivity index (χ1) is 11.7. The van der Waals surface area contributed by atoms with Crippen molar-refractivity contribution in [3.05, 3.63) is 42.2 Å². The van der Waals surface area contributed by atoms with Crippen molar-refractivity contribution in [3.63, 3.8) is 0 Å². The first kappa shape index (κ1) is 16.2. The lowest BCUT2D eigenvalue weighted by Crippen LogP contribution is -2.36. The van der Waals surface area contributed by atoms with Crippen LogP contribution >= 0.6 is 0 Å². The molecule has 1 aliphatic rings. The Bertz CT molecular complexity index is 704. The number of fused-ring (bicyclic) bond motifs is 1. The van der Waals surface area contributed by atoms with Crippen molar-refractivity contribution >= 4 is 23.2 Å². The van der Waals surface area contributed by atoms with Crippen molar-refractivity contribution < 1.29 is 4.79 Å². The molecule has 24 heavy (non-hydrogen) atoms. The van der Waals surface area contributed by atoms with Crippen LogP contribution in [-0.2, 0) is 11.3 Å².